The highest BCUT2D eigenvalue weighted by atomic mass is 32.1. The Morgan fingerprint density at radius 2 is 2.06 bits per heavy atom. The van der Waals surface area contributed by atoms with Crippen LogP contribution in [0.15, 0.2) is 41.8 Å². The predicted octanol–water partition coefficient (Wildman–Crippen LogP) is 3.11. The van der Waals surface area contributed by atoms with Gasteiger partial charge in [-0.1, -0.05) is 24.3 Å². The zero-order valence-corrected chi connectivity index (χ0v) is 10.2. The van der Waals surface area contributed by atoms with E-state index in [0.717, 1.165) is 11.3 Å². The highest BCUT2D eigenvalue weighted by Crippen LogP contribution is 2.19. The van der Waals surface area contributed by atoms with E-state index < -0.39 is 0 Å². The first kappa shape index (κ1) is 11.7. The normalized spacial score (nSPS) is 9.94. The molecule has 0 spiro atoms. The second-order valence-electron chi connectivity index (χ2n) is 3.37. The van der Waals surface area contributed by atoms with Gasteiger partial charge < -0.3 is 9.47 Å². The minimum atomic E-state index is -0.300. The van der Waals surface area contributed by atoms with Gasteiger partial charge in [0, 0.05) is 5.56 Å². The van der Waals surface area contributed by atoms with Gasteiger partial charge in [-0.3, -0.25) is 0 Å². The summed E-state index contributed by atoms with van der Waals surface area (Å²) in [4.78, 5) is 12.2. The molecule has 2 aromatic rings. The largest absolute Gasteiger partial charge is 0.496 e. The number of esters is 1. The molecule has 0 N–H and O–H groups in total. The zero-order valence-electron chi connectivity index (χ0n) is 9.38. The van der Waals surface area contributed by atoms with Gasteiger partial charge in [0.1, 0.15) is 17.2 Å². The molecular formula is C13H12O3S. The fourth-order valence-electron chi connectivity index (χ4n) is 1.43. The van der Waals surface area contributed by atoms with Crippen LogP contribution in [-0.2, 0) is 11.3 Å². The molecule has 1 aromatic carbocycles. The van der Waals surface area contributed by atoms with Gasteiger partial charge in [-0.05, 0) is 17.5 Å². The molecule has 0 aliphatic rings. The second kappa shape index (κ2) is 5.50. The number of ether oxygens (including phenoxy) is 2. The number of hydrogen-bond donors (Lipinski definition) is 0. The van der Waals surface area contributed by atoms with Crippen molar-refractivity contribution in [3.8, 4) is 5.75 Å². The molecule has 0 radical (unpaired) electrons. The van der Waals surface area contributed by atoms with Crippen LogP contribution in [0.2, 0.25) is 0 Å². The molecule has 0 aliphatic heterocycles. The Kier molecular flexibility index (Phi) is 3.77. The molecule has 2 rings (SSSR count). The minimum Gasteiger partial charge on any atom is -0.496 e. The minimum absolute atomic E-state index is 0.223. The lowest BCUT2D eigenvalue weighted by atomic mass is 10.2. The Morgan fingerprint density at radius 1 is 1.24 bits per heavy atom. The molecule has 0 atom stereocenters. The van der Waals surface area contributed by atoms with E-state index in [0.29, 0.717) is 4.88 Å². The predicted molar refractivity (Wildman–Crippen MR) is 66.4 cm³/mol. The first-order valence-corrected chi connectivity index (χ1v) is 6.02. The monoisotopic (exact) mass is 248 g/mol. The van der Waals surface area contributed by atoms with E-state index in [2.05, 4.69) is 0 Å². The maximum Gasteiger partial charge on any atom is 0.348 e. The van der Waals surface area contributed by atoms with Crippen LogP contribution in [0.25, 0.3) is 0 Å². The summed E-state index contributed by atoms with van der Waals surface area (Å²) >= 11 is 1.37. The van der Waals surface area contributed by atoms with Crippen molar-refractivity contribution in [2.24, 2.45) is 0 Å². The Balaban J connectivity index is 2.00. The summed E-state index contributed by atoms with van der Waals surface area (Å²) in [6, 6.07) is 11.1. The van der Waals surface area contributed by atoms with E-state index in [1.165, 1.54) is 11.3 Å². The third-order valence-electron chi connectivity index (χ3n) is 2.27. The molecule has 0 amide bonds. The Morgan fingerprint density at radius 3 is 2.76 bits per heavy atom. The molecule has 0 saturated heterocycles. The number of carbonyl (C=O) groups is 1. The van der Waals surface area contributed by atoms with Crippen LogP contribution in [0.5, 0.6) is 5.75 Å². The Labute approximate surface area is 104 Å². The maximum atomic E-state index is 11.6. The van der Waals surface area contributed by atoms with Crippen molar-refractivity contribution in [2.45, 2.75) is 6.61 Å². The maximum absolute atomic E-state index is 11.6. The molecular weight excluding hydrogens is 236 g/mol. The quantitative estimate of drug-likeness (QED) is 0.780. The number of rotatable bonds is 4. The lowest BCUT2D eigenvalue weighted by Gasteiger charge is -2.08. The van der Waals surface area contributed by atoms with Gasteiger partial charge in [-0.25, -0.2) is 4.79 Å². The second-order valence-corrected chi connectivity index (χ2v) is 4.31. The fourth-order valence-corrected chi connectivity index (χ4v) is 2.05. The van der Waals surface area contributed by atoms with Gasteiger partial charge in [0.2, 0.25) is 0 Å². The molecule has 0 bridgehead atoms. The van der Waals surface area contributed by atoms with Crippen molar-refractivity contribution in [3.63, 3.8) is 0 Å². The third kappa shape index (κ3) is 2.85. The van der Waals surface area contributed by atoms with Crippen LogP contribution < -0.4 is 4.74 Å². The SMILES string of the molecule is COc1ccccc1COC(=O)c1cccs1. The highest BCUT2D eigenvalue weighted by Gasteiger charge is 2.09. The van der Waals surface area contributed by atoms with Gasteiger partial charge in [0.05, 0.1) is 7.11 Å². The van der Waals surface area contributed by atoms with Crippen LogP contribution in [0.4, 0.5) is 0 Å². The number of benzene rings is 1. The molecule has 1 aromatic heterocycles. The van der Waals surface area contributed by atoms with Gasteiger partial charge in [0.15, 0.2) is 0 Å². The van der Waals surface area contributed by atoms with Crippen molar-refractivity contribution < 1.29 is 14.3 Å². The fraction of sp³-hybridized carbons (Fsp3) is 0.154. The molecule has 88 valence electrons. The van der Waals surface area contributed by atoms with Gasteiger partial charge in [0.25, 0.3) is 0 Å². The smallest absolute Gasteiger partial charge is 0.348 e. The summed E-state index contributed by atoms with van der Waals surface area (Å²) < 4.78 is 10.4. The number of hydrogen-bond acceptors (Lipinski definition) is 4. The van der Waals surface area contributed by atoms with Crippen LogP contribution in [0, 0.1) is 0 Å². The number of thiophene rings is 1. The lowest BCUT2D eigenvalue weighted by molar-refractivity contribution is 0.0476. The summed E-state index contributed by atoms with van der Waals surface area (Å²) in [6.45, 7) is 0.223. The van der Waals surface area contributed by atoms with E-state index >= 15 is 0 Å². The van der Waals surface area contributed by atoms with Crippen molar-refractivity contribution in [2.75, 3.05) is 7.11 Å². The Bertz CT molecular complexity index is 491. The average Bonchev–Trinajstić information content (AvgIpc) is 2.90. The van der Waals surface area contributed by atoms with Crippen LogP contribution >= 0.6 is 11.3 Å². The van der Waals surface area contributed by atoms with Crippen molar-refractivity contribution in [3.05, 3.63) is 52.2 Å². The van der Waals surface area contributed by atoms with E-state index in [1.807, 2.05) is 35.7 Å². The molecule has 17 heavy (non-hydrogen) atoms. The first-order valence-electron chi connectivity index (χ1n) is 5.14. The molecule has 4 heteroatoms. The molecule has 1 heterocycles. The molecule has 0 unspecified atom stereocenters. The average molecular weight is 248 g/mol. The standard InChI is InChI=1S/C13H12O3S/c1-15-11-6-3-2-5-10(11)9-16-13(14)12-7-4-8-17-12/h2-8H,9H2,1H3. The zero-order chi connectivity index (χ0) is 12.1. The van der Waals surface area contributed by atoms with E-state index in [4.69, 9.17) is 9.47 Å². The third-order valence-corrected chi connectivity index (χ3v) is 3.12. The van der Waals surface area contributed by atoms with Gasteiger partial charge in [-0.15, -0.1) is 11.3 Å². The van der Waals surface area contributed by atoms with Crippen molar-refractivity contribution in [1.29, 1.82) is 0 Å². The molecule has 0 fully saturated rings. The van der Waals surface area contributed by atoms with E-state index in [9.17, 15) is 4.79 Å². The number of carbonyl (C=O) groups excluding carboxylic acids is 1. The van der Waals surface area contributed by atoms with E-state index in [1.54, 1.807) is 13.2 Å². The summed E-state index contributed by atoms with van der Waals surface area (Å²) in [6.07, 6.45) is 0. The summed E-state index contributed by atoms with van der Waals surface area (Å²) in [7, 11) is 1.60. The lowest BCUT2D eigenvalue weighted by Crippen LogP contribution is -2.04. The molecule has 3 nitrogen and oxygen atoms in total. The summed E-state index contributed by atoms with van der Waals surface area (Å²) in [5.41, 5.74) is 0.861. The van der Waals surface area contributed by atoms with Gasteiger partial charge in [-0.2, -0.15) is 0 Å². The van der Waals surface area contributed by atoms with Crippen LogP contribution in [0.1, 0.15) is 15.2 Å². The summed E-state index contributed by atoms with van der Waals surface area (Å²) in [5, 5.41) is 1.85. The number of methoxy groups -OCH3 is 1. The summed E-state index contributed by atoms with van der Waals surface area (Å²) in [5.74, 6) is 0.428. The van der Waals surface area contributed by atoms with Gasteiger partial charge >= 0.3 is 5.97 Å². The number of para-hydroxylation sites is 1. The van der Waals surface area contributed by atoms with Crippen molar-refractivity contribution in [1.82, 2.24) is 0 Å². The van der Waals surface area contributed by atoms with Crippen LogP contribution in [-0.4, -0.2) is 13.1 Å². The molecule has 0 saturated carbocycles. The van der Waals surface area contributed by atoms with E-state index in [-0.39, 0.29) is 12.6 Å². The highest BCUT2D eigenvalue weighted by molar-refractivity contribution is 7.11. The van der Waals surface area contributed by atoms with Crippen molar-refractivity contribution >= 4 is 17.3 Å². The topological polar surface area (TPSA) is 35.5 Å². The molecule has 0 aliphatic carbocycles. The Hall–Kier alpha value is -1.81. The first-order chi connectivity index (χ1) is 8.31. The van der Waals surface area contributed by atoms with Crippen LogP contribution in [0.3, 0.4) is 0 Å².